The number of para-hydroxylation sites is 1. The van der Waals surface area contributed by atoms with E-state index in [2.05, 4.69) is 0 Å². The molecule has 0 amide bonds. The second-order valence-electron chi connectivity index (χ2n) is 6.05. The van der Waals surface area contributed by atoms with Crippen LogP contribution in [0.15, 0.2) is 65.0 Å². The topological polar surface area (TPSA) is 84.2 Å². The zero-order valence-corrected chi connectivity index (χ0v) is 15.6. The highest BCUT2D eigenvalue weighted by Gasteiger charge is 2.28. The van der Waals surface area contributed by atoms with Crippen LogP contribution in [0.2, 0.25) is 0 Å². The Morgan fingerprint density at radius 1 is 1.03 bits per heavy atom. The summed E-state index contributed by atoms with van der Waals surface area (Å²) in [7, 11) is 3.05. The zero-order valence-electron chi connectivity index (χ0n) is 15.6. The van der Waals surface area contributed by atoms with Crippen LogP contribution >= 0.6 is 0 Å². The molecule has 0 aliphatic carbocycles. The van der Waals surface area contributed by atoms with Crippen LogP contribution in [0.1, 0.15) is 26.5 Å². The van der Waals surface area contributed by atoms with E-state index in [0.717, 1.165) is 0 Å². The van der Waals surface area contributed by atoms with Crippen LogP contribution in [0.5, 0.6) is 23.0 Å². The average molecular weight is 392 g/mol. The molecule has 0 N–H and O–H groups in total. The highest BCUT2D eigenvalue weighted by atomic mass is 16.5. The molecule has 0 fully saturated rings. The highest BCUT2D eigenvalue weighted by Crippen LogP contribution is 2.37. The van der Waals surface area contributed by atoms with Crippen LogP contribution in [0, 0.1) is 0 Å². The van der Waals surface area contributed by atoms with E-state index in [1.165, 1.54) is 38.7 Å². The Morgan fingerprint density at radius 2 is 1.90 bits per heavy atom. The molecular formula is C22H16O7. The number of Topliss-reactive ketones (excluding diaryl/α,β-unsaturated/α-hetero) is 1. The van der Waals surface area contributed by atoms with Crippen LogP contribution in [0.4, 0.5) is 0 Å². The molecule has 1 aliphatic heterocycles. The molecule has 0 saturated heterocycles. The number of fused-ring (bicyclic) bond motifs is 1. The molecule has 2 heterocycles. The lowest BCUT2D eigenvalue weighted by Gasteiger charge is -2.10. The third-order valence-electron chi connectivity index (χ3n) is 4.29. The van der Waals surface area contributed by atoms with E-state index in [1.54, 1.807) is 36.4 Å². The van der Waals surface area contributed by atoms with E-state index in [-0.39, 0.29) is 23.1 Å². The highest BCUT2D eigenvalue weighted by molar-refractivity contribution is 6.14. The summed E-state index contributed by atoms with van der Waals surface area (Å²) < 4.78 is 26.6. The summed E-state index contributed by atoms with van der Waals surface area (Å²) in [6.45, 7) is 0. The summed E-state index contributed by atoms with van der Waals surface area (Å²) in [5.74, 6) is 0.838. The number of carbonyl (C=O) groups excluding carboxylic acids is 2. The average Bonchev–Trinajstić information content (AvgIpc) is 3.37. The molecule has 1 aliphatic rings. The van der Waals surface area contributed by atoms with Gasteiger partial charge in [0.05, 0.1) is 26.0 Å². The van der Waals surface area contributed by atoms with Crippen LogP contribution in [0.25, 0.3) is 6.08 Å². The van der Waals surface area contributed by atoms with Crippen molar-refractivity contribution in [2.45, 2.75) is 0 Å². The van der Waals surface area contributed by atoms with Crippen molar-refractivity contribution in [3.63, 3.8) is 0 Å². The van der Waals surface area contributed by atoms with E-state index in [1.807, 2.05) is 0 Å². The van der Waals surface area contributed by atoms with E-state index in [0.29, 0.717) is 28.4 Å². The Kier molecular flexibility index (Phi) is 4.78. The van der Waals surface area contributed by atoms with Crippen LogP contribution in [-0.2, 0) is 0 Å². The van der Waals surface area contributed by atoms with Gasteiger partial charge in [-0.2, -0.15) is 0 Å². The lowest BCUT2D eigenvalue weighted by molar-refractivity contribution is 0.0701. The molecule has 0 bridgehead atoms. The first-order chi connectivity index (χ1) is 14.1. The number of allylic oxidation sites excluding steroid dienone is 1. The number of hydrogen-bond donors (Lipinski definition) is 0. The maximum Gasteiger partial charge on any atom is 0.379 e. The predicted octanol–water partition coefficient (Wildman–Crippen LogP) is 4.13. The fraction of sp³-hybridized carbons (Fsp3) is 0.0909. The van der Waals surface area contributed by atoms with Gasteiger partial charge in [0, 0.05) is 11.6 Å². The first-order valence-electron chi connectivity index (χ1n) is 8.65. The maximum absolute atomic E-state index is 12.7. The van der Waals surface area contributed by atoms with Crippen molar-refractivity contribution in [3.05, 3.63) is 77.4 Å². The van der Waals surface area contributed by atoms with Gasteiger partial charge in [-0.25, -0.2) is 4.79 Å². The van der Waals surface area contributed by atoms with Gasteiger partial charge in [0.25, 0.3) is 0 Å². The van der Waals surface area contributed by atoms with Crippen LogP contribution in [0.3, 0.4) is 0 Å². The van der Waals surface area contributed by atoms with Crippen LogP contribution in [-0.4, -0.2) is 26.0 Å². The van der Waals surface area contributed by atoms with Crippen molar-refractivity contribution in [1.82, 2.24) is 0 Å². The van der Waals surface area contributed by atoms with Gasteiger partial charge in [-0.15, -0.1) is 0 Å². The van der Waals surface area contributed by atoms with Gasteiger partial charge in [0.2, 0.25) is 11.5 Å². The number of esters is 1. The summed E-state index contributed by atoms with van der Waals surface area (Å²) in [5.41, 5.74) is 1.00. The van der Waals surface area contributed by atoms with Crippen molar-refractivity contribution in [1.29, 1.82) is 0 Å². The molecule has 146 valence electrons. The second kappa shape index (κ2) is 7.55. The van der Waals surface area contributed by atoms with Gasteiger partial charge < -0.3 is 23.4 Å². The smallest absolute Gasteiger partial charge is 0.379 e. The number of methoxy groups -OCH3 is 2. The Hall–Kier alpha value is -4.00. The lowest BCUT2D eigenvalue weighted by atomic mass is 10.1. The number of rotatable bonds is 5. The quantitative estimate of drug-likeness (QED) is 0.367. The third-order valence-corrected chi connectivity index (χ3v) is 4.29. The molecule has 3 aromatic rings. The summed E-state index contributed by atoms with van der Waals surface area (Å²) in [4.78, 5) is 24.7. The predicted molar refractivity (Wildman–Crippen MR) is 103 cm³/mol. The zero-order chi connectivity index (χ0) is 20.4. The number of ether oxygens (including phenoxy) is 4. The van der Waals surface area contributed by atoms with Crippen molar-refractivity contribution in [2.75, 3.05) is 14.2 Å². The van der Waals surface area contributed by atoms with Crippen molar-refractivity contribution in [3.8, 4) is 23.0 Å². The molecule has 0 unspecified atom stereocenters. The summed E-state index contributed by atoms with van der Waals surface area (Å²) in [6.07, 6.45) is 2.96. The monoisotopic (exact) mass is 392 g/mol. The van der Waals surface area contributed by atoms with Gasteiger partial charge in [-0.05, 0) is 36.4 Å². The molecule has 1 aromatic heterocycles. The number of ketones is 1. The lowest BCUT2D eigenvalue weighted by Crippen LogP contribution is -2.07. The Bertz CT molecular complexity index is 1110. The molecule has 2 aromatic carbocycles. The third kappa shape index (κ3) is 3.45. The Balaban J connectivity index is 1.60. The fourth-order valence-electron chi connectivity index (χ4n) is 2.95. The number of furan rings is 1. The summed E-state index contributed by atoms with van der Waals surface area (Å²) in [5, 5.41) is 0. The number of benzene rings is 2. The van der Waals surface area contributed by atoms with Gasteiger partial charge in [0.15, 0.2) is 17.3 Å². The Morgan fingerprint density at radius 3 is 2.62 bits per heavy atom. The first kappa shape index (κ1) is 18.4. The Labute approximate surface area is 166 Å². The maximum atomic E-state index is 12.7. The SMILES string of the molecule is COc1cccc(/C=C2\Oc3cc(OC(=O)c4ccco4)ccc3C2=O)c1OC. The van der Waals surface area contributed by atoms with Gasteiger partial charge in [-0.1, -0.05) is 12.1 Å². The normalized spacial score (nSPS) is 13.7. The number of hydrogen-bond acceptors (Lipinski definition) is 7. The van der Waals surface area contributed by atoms with Crippen molar-refractivity contribution < 1.29 is 33.0 Å². The molecule has 0 saturated carbocycles. The van der Waals surface area contributed by atoms with Crippen LogP contribution < -0.4 is 18.9 Å². The molecule has 0 spiro atoms. The number of carbonyl (C=O) groups is 2. The second-order valence-corrected chi connectivity index (χ2v) is 6.05. The fourth-order valence-corrected chi connectivity index (χ4v) is 2.95. The first-order valence-corrected chi connectivity index (χ1v) is 8.65. The van der Waals surface area contributed by atoms with E-state index in [4.69, 9.17) is 23.4 Å². The molecule has 0 radical (unpaired) electrons. The largest absolute Gasteiger partial charge is 0.493 e. The van der Waals surface area contributed by atoms with Crippen molar-refractivity contribution in [2.24, 2.45) is 0 Å². The van der Waals surface area contributed by atoms with Gasteiger partial charge in [-0.3, -0.25) is 4.79 Å². The van der Waals surface area contributed by atoms with E-state index >= 15 is 0 Å². The molecular weight excluding hydrogens is 376 g/mol. The minimum atomic E-state index is -0.642. The molecule has 7 nitrogen and oxygen atoms in total. The minimum Gasteiger partial charge on any atom is -0.493 e. The minimum absolute atomic E-state index is 0.0770. The molecule has 29 heavy (non-hydrogen) atoms. The summed E-state index contributed by atoms with van der Waals surface area (Å²) >= 11 is 0. The van der Waals surface area contributed by atoms with E-state index < -0.39 is 5.97 Å². The van der Waals surface area contributed by atoms with Gasteiger partial charge in [0.1, 0.15) is 11.5 Å². The molecule has 7 heteroatoms. The van der Waals surface area contributed by atoms with Gasteiger partial charge >= 0.3 is 5.97 Å². The van der Waals surface area contributed by atoms with E-state index in [9.17, 15) is 9.59 Å². The summed E-state index contributed by atoms with van der Waals surface area (Å²) in [6, 6.07) is 13.0. The molecule has 4 rings (SSSR count). The van der Waals surface area contributed by atoms with Crippen molar-refractivity contribution >= 4 is 17.8 Å². The standard InChI is InChI=1S/C22H16O7/c1-25-16-6-3-5-13(21(16)26-2)11-19-20(23)15-9-8-14(12-18(15)29-19)28-22(24)17-7-4-10-27-17/h3-12H,1-2H3/b19-11-. The molecule has 0 atom stereocenters.